The Morgan fingerprint density at radius 3 is 2.41 bits per heavy atom. The van der Waals surface area contributed by atoms with Gasteiger partial charge in [0.2, 0.25) is 17.5 Å². The number of hydrogen-bond donors (Lipinski definition) is 2. The van der Waals surface area contributed by atoms with E-state index >= 15 is 0 Å². The number of aryl methyl sites for hydroxylation is 1. The Bertz CT molecular complexity index is 1240. The Hall–Kier alpha value is -4.41. The predicted molar refractivity (Wildman–Crippen MR) is 125 cm³/mol. The van der Waals surface area contributed by atoms with Gasteiger partial charge in [0.1, 0.15) is 6.20 Å². The van der Waals surface area contributed by atoms with Crippen LogP contribution in [-0.2, 0) is 6.42 Å². The van der Waals surface area contributed by atoms with Crippen molar-refractivity contribution in [1.82, 2.24) is 9.97 Å². The summed E-state index contributed by atoms with van der Waals surface area (Å²) in [5.41, 5.74) is 2.12. The zero-order valence-corrected chi connectivity index (χ0v) is 18.9. The number of ketones is 1. The summed E-state index contributed by atoms with van der Waals surface area (Å²) in [5.74, 6) is 1.30. The summed E-state index contributed by atoms with van der Waals surface area (Å²) in [5, 5.41) is 17.6. The SMILES string of the molecule is COc1cc(Nc2ncc([N+](=O)[O-])c(Nc3cccc4c3C(=O)CCC4)n2)cc(OC)c1OC. The van der Waals surface area contributed by atoms with E-state index in [0.29, 0.717) is 40.6 Å². The minimum absolute atomic E-state index is 0.00293. The van der Waals surface area contributed by atoms with Gasteiger partial charge in [-0.3, -0.25) is 14.9 Å². The number of aromatic nitrogens is 2. The molecule has 3 aromatic rings. The first-order chi connectivity index (χ1) is 16.4. The highest BCUT2D eigenvalue weighted by Crippen LogP contribution is 2.40. The lowest BCUT2D eigenvalue weighted by atomic mass is 9.89. The Balaban J connectivity index is 1.71. The standard InChI is InChI=1S/C23H23N5O6/c1-32-18-10-14(11-19(33-2)21(18)34-3)25-23-24-12-16(28(30)31)22(27-23)26-15-8-4-6-13-7-5-9-17(29)20(13)15/h4,6,8,10-12H,5,7,9H2,1-3H3,(H2,24,25,26,27). The average Bonchev–Trinajstić information content (AvgIpc) is 2.83. The molecule has 0 saturated carbocycles. The molecule has 0 saturated heterocycles. The molecule has 34 heavy (non-hydrogen) atoms. The molecule has 1 aromatic heterocycles. The smallest absolute Gasteiger partial charge is 0.329 e. The number of fused-ring (bicyclic) bond motifs is 1. The van der Waals surface area contributed by atoms with Gasteiger partial charge in [-0.25, -0.2) is 4.98 Å². The Kier molecular flexibility index (Phi) is 6.44. The molecule has 0 unspecified atom stereocenters. The van der Waals surface area contributed by atoms with Gasteiger partial charge in [-0.05, 0) is 24.5 Å². The van der Waals surface area contributed by atoms with Gasteiger partial charge in [-0.2, -0.15) is 4.98 Å². The van der Waals surface area contributed by atoms with Gasteiger partial charge in [0.25, 0.3) is 0 Å². The number of methoxy groups -OCH3 is 3. The van der Waals surface area contributed by atoms with E-state index in [-0.39, 0.29) is 23.2 Å². The average molecular weight is 465 g/mol. The van der Waals surface area contributed by atoms with Gasteiger partial charge in [0, 0.05) is 29.8 Å². The van der Waals surface area contributed by atoms with Crippen LogP contribution < -0.4 is 24.8 Å². The first-order valence-electron chi connectivity index (χ1n) is 10.5. The molecule has 1 heterocycles. The van der Waals surface area contributed by atoms with E-state index in [1.54, 1.807) is 18.2 Å². The van der Waals surface area contributed by atoms with Crippen molar-refractivity contribution in [3.63, 3.8) is 0 Å². The summed E-state index contributed by atoms with van der Waals surface area (Å²) in [6.45, 7) is 0. The summed E-state index contributed by atoms with van der Waals surface area (Å²) >= 11 is 0. The van der Waals surface area contributed by atoms with Crippen molar-refractivity contribution in [2.45, 2.75) is 19.3 Å². The molecule has 1 aliphatic carbocycles. The first-order valence-corrected chi connectivity index (χ1v) is 10.5. The van der Waals surface area contributed by atoms with Crippen molar-refractivity contribution < 1.29 is 23.9 Å². The number of anilines is 4. The molecule has 2 aromatic carbocycles. The van der Waals surface area contributed by atoms with E-state index in [2.05, 4.69) is 20.6 Å². The molecule has 0 bridgehead atoms. The molecule has 0 aliphatic heterocycles. The Morgan fingerprint density at radius 2 is 1.76 bits per heavy atom. The Labute approximate surface area is 195 Å². The van der Waals surface area contributed by atoms with Crippen LogP contribution in [0.4, 0.5) is 28.8 Å². The van der Waals surface area contributed by atoms with E-state index in [9.17, 15) is 14.9 Å². The number of nitro groups is 1. The molecule has 1 aliphatic rings. The molecule has 11 nitrogen and oxygen atoms in total. The number of carbonyl (C=O) groups is 1. The lowest BCUT2D eigenvalue weighted by molar-refractivity contribution is -0.384. The third kappa shape index (κ3) is 4.40. The number of Topliss-reactive ketones (excluding diaryl/α,β-unsaturated/α-hetero) is 1. The normalized spacial score (nSPS) is 12.5. The maximum absolute atomic E-state index is 12.5. The second kappa shape index (κ2) is 9.61. The van der Waals surface area contributed by atoms with Crippen LogP contribution in [0.1, 0.15) is 28.8 Å². The van der Waals surface area contributed by atoms with E-state index in [1.807, 2.05) is 12.1 Å². The second-order valence-electron chi connectivity index (χ2n) is 7.47. The van der Waals surface area contributed by atoms with E-state index in [1.165, 1.54) is 21.3 Å². The second-order valence-corrected chi connectivity index (χ2v) is 7.47. The summed E-state index contributed by atoms with van der Waals surface area (Å²) in [6.07, 6.45) is 3.10. The van der Waals surface area contributed by atoms with E-state index in [0.717, 1.165) is 24.6 Å². The number of ether oxygens (including phenoxy) is 3. The fourth-order valence-corrected chi connectivity index (χ4v) is 3.88. The van der Waals surface area contributed by atoms with Crippen LogP contribution in [0.15, 0.2) is 36.5 Å². The summed E-state index contributed by atoms with van der Waals surface area (Å²) in [6, 6.07) is 8.72. The molecular weight excluding hydrogens is 442 g/mol. The topological polar surface area (TPSA) is 138 Å². The summed E-state index contributed by atoms with van der Waals surface area (Å²) in [4.78, 5) is 32.0. The lowest BCUT2D eigenvalue weighted by Gasteiger charge is -2.19. The Morgan fingerprint density at radius 1 is 1.03 bits per heavy atom. The molecule has 0 radical (unpaired) electrons. The fraction of sp³-hybridized carbons (Fsp3) is 0.261. The molecule has 11 heteroatoms. The van der Waals surface area contributed by atoms with Crippen molar-refractivity contribution in [1.29, 1.82) is 0 Å². The van der Waals surface area contributed by atoms with Crippen molar-refractivity contribution >= 4 is 34.6 Å². The van der Waals surface area contributed by atoms with Crippen LogP contribution in [-0.4, -0.2) is 42.0 Å². The first kappa shape index (κ1) is 22.8. The van der Waals surface area contributed by atoms with Crippen LogP contribution in [0.5, 0.6) is 17.2 Å². The number of hydrogen-bond acceptors (Lipinski definition) is 10. The molecule has 176 valence electrons. The van der Waals surface area contributed by atoms with E-state index < -0.39 is 4.92 Å². The van der Waals surface area contributed by atoms with Gasteiger partial charge < -0.3 is 24.8 Å². The van der Waals surface area contributed by atoms with E-state index in [4.69, 9.17) is 14.2 Å². The minimum atomic E-state index is -0.581. The third-order valence-corrected chi connectivity index (χ3v) is 5.42. The van der Waals surface area contributed by atoms with Gasteiger partial charge in [-0.1, -0.05) is 12.1 Å². The minimum Gasteiger partial charge on any atom is -0.493 e. The molecule has 4 rings (SSSR count). The summed E-state index contributed by atoms with van der Waals surface area (Å²) < 4.78 is 16.0. The monoisotopic (exact) mass is 465 g/mol. The maximum atomic E-state index is 12.5. The van der Waals surface area contributed by atoms with Crippen LogP contribution in [0.25, 0.3) is 0 Å². The zero-order chi connectivity index (χ0) is 24.2. The van der Waals surface area contributed by atoms with Crippen LogP contribution in [0, 0.1) is 10.1 Å². The number of carbonyl (C=O) groups excluding carboxylic acids is 1. The highest BCUT2D eigenvalue weighted by molar-refractivity contribution is 6.04. The number of nitrogens with one attached hydrogen (secondary N) is 2. The highest BCUT2D eigenvalue weighted by Gasteiger charge is 2.24. The van der Waals surface area contributed by atoms with Crippen molar-refractivity contribution in [3.8, 4) is 17.2 Å². The van der Waals surface area contributed by atoms with Gasteiger partial charge in [0.15, 0.2) is 17.3 Å². The molecule has 0 fully saturated rings. The van der Waals surface area contributed by atoms with Crippen LogP contribution in [0.3, 0.4) is 0 Å². The molecular formula is C23H23N5O6. The van der Waals surface area contributed by atoms with Gasteiger partial charge >= 0.3 is 5.69 Å². The molecule has 0 spiro atoms. The number of rotatable bonds is 8. The number of nitrogens with zero attached hydrogens (tertiary/aromatic N) is 3. The quantitative estimate of drug-likeness (QED) is 0.363. The third-order valence-electron chi connectivity index (χ3n) is 5.42. The highest BCUT2D eigenvalue weighted by atomic mass is 16.6. The van der Waals surface area contributed by atoms with Crippen molar-refractivity contribution in [2.75, 3.05) is 32.0 Å². The molecule has 2 N–H and O–H groups in total. The van der Waals surface area contributed by atoms with Gasteiger partial charge in [-0.15, -0.1) is 0 Å². The fourth-order valence-electron chi connectivity index (χ4n) is 3.88. The van der Waals surface area contributed by atoms with Gasteiger partial charge in [0.05, 0.1) is 31.9 Å². The summed E-state index contributed by atoms with van der Waals surface area (Å²) in [7, 11) is 4.48. The predicted octanol–water partition coefficient (Wildman–Crippen LogP) is 4.42. The van der Waals surface area contributed by atoms with Crippen molar-refractivity contribution in [2.24, 2.45) is 0 Å². The number of benzene rings is 2. The van der Waals surface area contributed by atoms with Crippen LogP contribution >= 0.6 is 0 Å². The lowest BCUT2D eigenvalue weighted by Crippen LogP contribution is -2.14. The molecule has 0 atom stereocenters. The molecule has 0 amide bonds. The zero-order valence-electron chi connectivity index (χ0n) is 18.9. The maximum Gasteiger partial charge on any atom is 0.329 e. The van der Waals surface area contributed by atoms with Crippen molar-refractivity contribution in [3.05, 3.63) is 57.8 Å². The van der Waals surface area contributed by atoms with Crippen LogP contribution in [0.2, 0.25) is 0 Å². The largest absolute Gasteiger partial charge is 0.493 e.